The molecule has 0 aliphatic rings. The van der Waals surface area contributed by atoms with Gasteiger partial charge in [-0.3, -0.25) is 14.2 Å². The van der Waals surface area contributed by atoms with Crippen LogP contribution in [0.5, 0.6) is 0 Å². The lowest BCUT2D eigenvalue weighted by Crippen LogP contribution is -2.29. The zero-order valence-corrected chi connectivity index (χ0v) is 11.9. The topological polar surface area (TPSA) is 97.1 Å². The van der Waals surface area contributed by atoms with E-state index in [4.69, 9.17) is 5.11 Å². The van der Waals surface area contributed by atoms with Crippen LogP contribution in [-0.2, 0) is 22.6 Å². The third kappa shape index (κ3) is 4.90. The second-order valence-corrected chi connectivity index (χ2v) is 4.81. The molecule has 0 aliphatic heterocycles. The summed E-state index contributed by atoms with van der Waals surface area (Å²) in [6.07, 6.45) is 1.51. The Bertz CT molecular complexity index is 447. The van der Waals surface area contributed by atoms with Crippen molar-refractivity contribution in [3.05, 3.63) is 5.82 Å². The van der Waals surface area contributed by atoms with Gasteiger partial charge in [-0.05, 0) is 6.42 Å². The van der Waals surface area contributed by atoms with Crippen LogP contribution in [0.3, 0.4) is 0 Å². The van der Waals surface area contributed by atoms with Crippen molar-refractivity contribution in [2.75, 3.05) is 12.3 Å². The smallest absolute Gasteiger partial charge is 0.313 e. The van der Waals surface area contributed by atoms with Crippen molar-refractivity contribution >= 4 is 23.6 Å². The van der Waals surface area contributed by atoms with Gasteiger partial charge in [0.1, 0.15) is 12.4 Å². The highest BCUT2D eigenvalue weighted by atomic mass is 32.2. The molecule has 1 rings (SSSR count). The van der Waals surface area contributed by atoms with Gasteiger partial charge >= 0.3 is 5.97 Å². The normalized spacial score (nSPS) is 10.4. The van der Waals surface area contributed by atoms with Crippen LogP contribution in [0.4, 0.5) is 0 Å². The Balaban J connectivity index is 2.74. The molecule has 0 aliphatic carbocycles. The molecular formula is C11H18N4O3S. The third-order valence-corrected chi connectivity index (χ3v) is 3.26. The fourth-order valence-electron chi connectivity index (χ4n) is 1.44. The van der Waals surface area contributed by atoms with Crippen molar-refractivity contribution < 1.29 is 14.7 Å². The first kappa shape index (κ1) is 15.5. The number of thioether (sulfide) groups is 1. The molecule has 106 valence electrons. The molecule has 0 unspecified atom stereocenters. The molecule has 0 spiro atoms. The SMILES string of the molecule is CCCNC(=O)Cn1c(CC)nnc1SCC(=O)O. The average molecular weight is 286 g/mol. The van der Waals surface area contributed by atoms with Crippen LogP contribution in [0, 0.1) is 0 Å². The van der Waals surface area contributed by atoms with Crippen LogP contribution in [-0.4, -0.2) is 44.0 Å². The van der Waals surface area contributed by atoms with Gasteiger partial charge in [-0.1, -0.05) is 25.6 Å². The molecule has 7 nitrogen and oxygen atoms in total. The zero-order valence-electron chi connectivity index (χ0n) is 11.0. The fraction of sp³-hybridized carbons (Fsp3) is 0.636. The monoisotopic (exact) mass is 286 g/mol. The highest BCUT2D eigenvalue weighted by molar-refractivity contribution is 7.99. The molecule has 1 aromatic rings. The lowest BCUT2D eigenvalue weighted by Gasteiger charge is -2.08. The van der Waals surface area contributed by atoms with Crippen LogP contribution in [0.2, 0.25) is 0 Å². The van der Waals surface area contributed by atoms with E-state index in [1.54, 1.807) is 4.57 Å². The van der Waals surface area contributed by atoms with Gasteiger partial charge in [-0.25, -0.2) is 0 Å². The first-order chi connectivity index (χ1) is 9.08. The number of carboxylic acid groups (broad SMARTS) is 1. The van der Waals surface area contributed by atoms with E-state index in [-0.39, 0.29) is 18.2 Å². The van der Waals surface area contributed by atoms with Crippen LogP contribution in [0.25, 0.3) is 0 Å². The van der Waals surface area contributed by atoms with E-state index in [1.807, 2.05) is 13.8 Å². The summed E-state index contributed by atoms with van der Waals surface area (Å²) in [5.41, 5.74) is 0. The number of hydrogen-bond acceptors (Lipinski definition) is 5. The fourth-order valence-corrected chi connectivity index (χ4v) is 2.11. The molecule has 0 fully saturated rings. The first-order valence-corrected chi connectivity index (χ1v) is 7.10. The number of carboxylic acids is 1. The summed E-state index contributed by atoms with van der Waals surface area (Å²) in [5, 5.41) is 19.8. The maximum absolute atomic E-state index is 11.7. The number of nitrogens with one attached hydrogen (secondary N) is 1. The average Bonchev–Trinajstić information content (AvgIpc) is 2.76. The van der Waals surface area contributed by atoms with Gasteiger partial charge in [0.25, 0.3) is 0 Å². The minimum atomic E-state index is -0.923. The molecule has 0 bridgehead atoms. The number of amides is 1. The van der Waals surface area contributed by atoms with Crippen molar-refractivity contribution in [1.82, 2.24) is 20.1 Å². The molecule has 1 heterocycles. The van der Waals surface area contributed by atoms with E-state index < -0.39 is 5.97 Å². The van der Waals surface area contributed by atoms with E-state index in [9.17, 15) is 9.59 Å². The Morgan fingerprint density at radius 1 is 1.37 bits per heavy atom. The van der Waals surface area contributed by atoms with Gasteiger partial charge < -0.3 is 10.4 Å². The molecule has 0 radical (unpaired) electrons. The maximum atomic E-state index is 11.7. The van der Waals surface area contributed by atoms with Crippen molar-refractivity contribution in [2.45, 2.75) is 38.4 Å². The van der Waals surface area contributed by atoms with Gasteiger partial charge in [0.2, 0.25) is 5.91 Å². The zero-order chi connectivity index (χ0) is 14.3. The summed E-state index contributed by atoms with van der Waals surface area (Å²) in [6.45, 7) is 4.64. The summed E-state index contributed by atoms with van der Waals surface area (Å²) in [6, 6.07) is 0. The van der Waals surface area contributed by atoms with Gasteiger partial charge in [0.15, 0.2) is 5.16 Å². The summed E-state index contributed by atoms with van der Waals surface area (Å²) in [7, 11) is 0. The molecule has 0 aromatic carbocycles. The minimum absolute atomic E-state index is 0.0988. The summed E-state index contributed by atoms with van der Waals surface area (Å²) in [5.74, 6) is -0.459. The number of nitrogens with zero attached hydrogens (tertiary/aromatic N) is 3. The molecule has 2 N–H and O–H groups in total. The molecule has 19 heavy (non-hydrogen) atoms. The van der Waals surface area contributed by atoms with Gasteiger partial charge in [-0.2, -0.15) is 0 Å². The Kier molecular flexibility index (Phi) is 6.34. The van der Waals surface area contributed by atoms with Crippen LogP contribution in [0.1, 0.15) is 26.1 Å². The molecule has 1 aromatic heterocycles. The van der Waals surface area contributed by atoms with Crippen LogP contribution in [0.15, 0.2) is 5.16 Å². The molecule has 8 heteroatoms. The lowest BCUT2D eigenvalue weighted by atomic mass is 10.4. The third-order valence-electron chi connectivity index (χ3n) is 2.31. The van der Waals surface area contributed by atoms with Crippen molar-refractivity contribution in [3.8, 4) is 0 Å². The number of carbonyl (C=O) groups excluding carboxylic acids is 1. The molecule has 0 saturated carbocycles. The van der Waals surface area contributed by atoms with Gasteiger partial charge in [-0.15, -0.1) is 10.2 Å². The van der Waals surface area contributed by atoms with E-state index in [0.29, 0.717) is 23.9 Å². The largest absolute Gasteiger partial charge is 0.481 e. The van der Waals surface area contributed by atoms with Gasteiger partial charge in [0.05, 0.1) is 5.75 Å². The second-order valence-electron chi connectivity index (χ2n) is 3.87. The van der Waals surface area contributed by atoms with Crippen molar-refractivity contribution in [2.24, 2.45) is 0 Å². The first-order valence-electron chi connectivity index (χ1n) is 6.11. The minimum Gasteiger partial charge on any atom is -0.481 e. The number of carbonyl (C=O) groups is 2. The Morgan fingerprint density at radius 3 is 2.68 bits per heavy atom. The highest BCUT2D eigenvalue weighted by Gasteiger charge is 2.15. The van der Waals surface area contributed by atoms with E-state index in [0.717, 1.165) is 18.2 Å². The Morgan fingerprint density at radius 2 is 2.11 bits per heavy atom. The van der Waals surface area contributed by atoms with E-state index in [2.05, 4.69) is 15.5 Å². The summed E-state index contributed by atoms with van der Waals surface area (Å²) < 4.78 is 1.67. The quantitative estimate of drug-likeness (QED) is 0.677. The maximum Gasteiger partial charge on any atom is 0.313 e. The standard InChI is InChI=1S/C11H18N4O3S/c1-3-5-12-9(16)6-15-8(4-2)13-14-11(15)19-7-10(17)18/h3-7H2,1-2H3,(H,12,16)(H,17,18). The summed E-state index contributed by atoms with van der Waals surface area (Å²) in [4.78, 5) is 22.3. The molecule has 0 saturated heterocycles. The number of hydrogen-bond donors (Lipinski definition) is 2. The van der Waals surface area contributed by atoms with Gasteiger partial charge in [0, 0.05) is 13.0 Å². The van der Waals surface area contributed by atoms with Crippen LogP contribution >= 0.6 is 11.8 Å². The van der Waals surface area contributed by atoms with Crippen molar-refractivity contribution in [3.63, 3.8) is 0 Å². The predicted molar refractivity (Wildman–Crippen MR) is 71.1 cm³/mol. The van der Waals surface area contributed by atoms with Crippen LogP contribution < -0.4 is 5.32 Å². The predicted octanol–water partition coefficient (Wildman–Crippen LogP) is 0.543. The summed E-state index contributed by atoms with van der Waals surface area (Å²) >= 11 is 1.07. The lowest BCUT2D eigenvalue weighted by molar-refractivity contribution is -0.133. The number of aliphatic carboxylic acids is 1. The second kappa shape index (κ2) is 7.78. The number of rotatable bonds is 8. The molecule has 0 atom stereocenters. The highest BCUT2D eigenvalue weighted by Crippen LogP contribution is 2.17. The number of aromatic nitrogens is 3. The molecular weight excluding hydrogens is 268 g/mol. The Hall–Kier alpha value is -1.57. The van der Waals surface area contributed by atoms with Crippen molar-refractivity contribution in [1.29, 1.82) is 0 Å². The number of aryl methyl sites for hydroxylation is 1. The Labute approximate surface area is 115 Å². The van der Waals surface area contributed by atoms with E-state index in [1.165, 1.54) is 0 Å². The van der Waals surface area contributed by atoms with E-state index >= 15 is 0 Å². The molecule has 1 amide bonds.